The summed E-state index contributed by atoms with van der Waals surface area (Å²) < 4.78 is 15.8. The first kappa shape index (κ1) is 19.2. The first-order chi connectivity index (χ1) is 15.0. The summed E-state index contributed by atoms with van der Waals surface area (Å²) in [5.74, 6) is 2.35. The molecule has 0 aromatic carbocycles. The fourth-order valence-electron chi connectivity index (χ4n) is 3.80. The molecule has 1 fully saturated rings. The molecule has 1 saturated heterocycles. The third-order valence-electron chi connectivity index (χ3n) is 5.18. The number of rotatable bonds is 5. The molecule has 0 saturated carbocycles. The van der Waals surface area contributed by atoms with Crippen LogP contribution in [0.25, 0.3) is 5.65 Å². The molecular formula is C22H23FN8. The normalized spacial score (nSPS) is 16.1. The molecule has 8 nitrogen and oxygen atoms in total. The Morgan fingerprint density at radius 1 is 1.00 bits per heavy atom. The first-order valence-electron chi connectivity index (χ1n) is 10.2. The molecule has 1 aliphatic rings. The molecule has 0 radical (unpaired) electrons. The van der Waals surface area contributed by atoms with Crippen LogP contribution < -0.4 is 15.5 Å². The third kappa shape index (κ3) is 4.25. The largest absolute Gasteiger partial charge is 0.353 e. The number of nitrogens with one attached hydrogen (secondary N) is 2. The monoisotopic (exact) mass is 418 g/mol. The Labute approximate surface area is 179 Å². The Morgan fingerprint density at radius 2 is 1.87 bits per heavy atom. The van der Waals surface area contributed by atoms with E-state index >= 15 is 0 Å². The number of nitrogens with zero attached hydrogens (tertiary/aromatic N) is 6. The molecule has 5 rings (SSSR count). The number of fused-ring (bicyclic) bond motifs is 1. The lowest BCUT2D eigenvalue weighted by atomic mass is 10.2. The van der Waals surface area contributed by atoms with Crippen molar-refractivity contribution in [3.05, 3.63) is 60.2 Å². The van der Waals surface area contributed by atoms with Crippen LogP contribution in [-0.2, 0) is 0 Å². The zero-order valence-electron chi connectivity index (χ0n) is 17.4. The van der Waals surface area contributed by atoms with E-state index in [1.54, 1.807) is 6.20 Å². The van der Waals surface area contributed by atoms with Gasteiger partial charge in [-0.25, -0.2) is 14.4 Å². The van der Waals surface area contributed by atoms with Gasteiger partial charge in [0.2, 0.25) is 5.95 Å². The van der Waals surface area contributed by atoms with E-state index in [1.807, 2.05) is 65.9 Å². The maximum atomic E-state index is 13.8. The Kier molecular flexibility index (Phi) is 4.85. The summed E-state index contributed by atoms with van der Waals surface area (Å²) in [5, 5.41) is 6.53. The highest BCUT2D eigenvalue weighted by Crippen LogP contribution is 2.26. The average Bonchev–Trinajstić information content (AvgIpc) is 3.35. The molecule has 31 heavy (non-hydrogen) atoms. The number of halogens is 1. The number of aryl methyl sites for hydroxylation is 2. The van der Waals surface area contributed by atoms with E-state index in [1.165, 1.54) is 0 Å². The van der Waals surface area contributed by atoms with Gasteiger partial charge in [-0.05, 0) is 44.0 Å². The molecule has 1 atom stereocenters. The molecule has 0 spiro atoms. The first-order valence-corrected chi connectivity index (χ1v) is 10.2. The van der Waals surface area contributed by atoms with E-state index in [9.17, 15) is 4.39 Å². The van der Waals surface area contributed by atoms with Crippen LogP contribution in [0.3, 0.4) is 0 Å². The quantitative estimate of drug-likeness (QED) is 0.503. The molecule has 9 heteroatoms. The summed E-state index contributed by atoms with van der Waals surface area (Å²) >= 11 is 0. The van der Waals surface area contributed by atoms with E-state index in [0.29, 0.717) is 42.9 Å². The van der Waals surface area contributed by atoms with Crippen molar-refractivity contribution in [2.24, 2.45) is 0 Å². The fraction of sp³-hybridized carbons (Fsp3) is 0.273. The highest BCUT2D eigenvalue weighted by atomic mass is 19.1. The van der Waals surface area contributed by atoms with E-state index in [0.717, 1.165) is 22.6 Å². The summed E-state index contributed by atoms with van der Waals surface area (Å²) in [6, 6.07) is 9.67. The third-order valence-corrected chi connectivity index (χ3v) is 5.18. The standard InChI is InChI=1S/C22H23FN8/c1-14-9-15(2)25-18(10-14)27-22-28-19(12-21(29-22)31-6-3-16(23)13-31)26-17-4-7-30-8-5-24-20(30)11-17/h4-5,7-12,16H,3,6,13H2,1-2H3,(H2,25,26,27,28,29). The minimum atomic E-state index is -0.841. The summed E-state index contributed by atoms with van der Waals surface area (Å²) in [4.78, 5) is 20.0. The van der Waals surface area contributed by atoms with Crippen molar-refractivity contribution in [2.45, 2.75) is 26.4 Å². The molecule has 0 aliphatic carbocycles. The highest BCUT2D eigenvalue weighted by Gasteiger charge is 2.24. The van der Waals surface area contributed by atoms with Crippen LogP contribution in [0.5, 0.6) is 0 Å². The summed E-state index contributed by atoms with van der Waals surface area (Å²) in [7, 11) is 0. The van der Waals surface area contributed by atoms with Crippen molar-refractivity contribution >= 4 is 34.7 Å². The number of aromatic nitrogens is 5. The second-order valence-corrected chi connectivity index (χ2v) is 7.80. The second-order valence-electron chi connectivity index (χ2n) is 7.80. The van der Waals surface area contributed by atoms with E-state index < -0.39 is 6.17 Å². The van der Waals surface area contributed by atoms with E-state index in [-0.39, 0.29) is 0 Å². The minimum absolute atomic E-state index is 0.331. The number of anilines is 5. The number of alkyl halides is 1. The summed E-state index contributed by atoms with van der Waals surface area (Å²) in [6.07, 6.45) is 5.24. The Morgan fingerprint density at radius 3 is 2.68 bits per heavy atom. The van der Waals surface area contributed by atoms with Crippen molar-refractivity contribution in [3.63, 3.8) is 0 Å². The van der Waals surface area contributed by atoms with Crippen LogP contribution in [-0.4, -0.2) is 43.6 Å². The van der Waals surface area contributed by atoms with Crippen molar-refractivity contribution < 1.29 is 4.39 Å². The van der Waals surface area contributed by atoms with Gasteiger partial charge in [0.1, 0.15) is 29.3 Å². The topological polar surface area (TPSA) is 83.3 Å². The van der Waals surface area contributed by atoms with Crippen molar-refractivity contribution in [3.8, 4) is 0 Å². The lowest BCUT2D eigenvalue weighted by Crippen LogP contribution is -2.22. The maximum absolute atomic E-state index is 13.8. The Hall–Kier alpha value is -3.75. The molecule has 0 amide bonds. The summed E-state index contributed by atoms with van der Waals surface area (Å²) in [5.41, 5.74) is 3.68. The van der Waals surface area contributed by atoms with E-state index in [4.69, 9.17) is 0 Å². The van der Waals surface area contributed by atoms with Gasteiger partial charge in [0, 0.05) is 48.6 Å². The number of hydrogen-bond acceptors (Lipinski definition) is 7. The van der Waals surface area contributed by atoms with Crippen LogP contribution >= 0.6 is 0 Å². The van der Waals surface area contributed by atoms with E-state index in [2.05, 4.69) is 30.6 Å². The van der Waals surface area contributed by atoms with Gasteiger partial charge in [-0.1, -0.05) is 0 Å². The minimum Gasteiger partial charge on any atom is -0.353 e. The van der Waals surface area contributed by atoms with Gasteiger partial charge >= 0.3 is 0 Å². The van der Waals surface area contributed by atoms with Gasteiger partial charge in [0.15, 0.2) is 0 Å². The zero-order chi connectivity index (χ0) is 21.4. The van der Waals surface area contributed by atoms with Crippen molar-refractivity contribution in [1.82, 2.24) is 24.3 Å². The molecular weight excluding hydrogens is 395 g/mol. The van der Waals surface area contributed by atoms with Gasteiger partial charge in [0.25, 0.3) is 0 Å². The van der Waals surface area contributed by atoms with Crippen LogP contribution in [0.1, 0.15) is 17.7 Å². The molecule has 4 aromatic rings. The van der Waals surface area contributed by atoms with Crippen LogP contribution in [0.15, 0.2) is 48.9 Å². The number of pyridine rings is 2. The van der Waals surface area contributed by atoms with Crippen LogP contribution in [0.4, 0.5) is 33.5 Å². The van der Waals surface area contributed by atoms with Gasteiger partial charge in [-0.2, -0.15) is 9.97 Å². The van der Waals surface area contributed by atoms with Gasteiger partial charge < -0.3 is 19.9 Å². The molecule has 1 unspecified atom stereocenters. The number of hydrogen-bond donors (Lipinski definition) is 2. The lowest BCUT2D eigenvalue weighted by molar-refractivity contribution is 0.364. The summed E-state index contributed by atoms with van der Waals surface area (Å²) in [6.45, 7) is 4.91. The number of imidazole rings is 1. The Balaban J connectivity index is 1.49. The second kappa shape index (κ2) is 7.82. The smallest absolute Gasteiger partial charge is 0.232 e. The van der Waals surface area contributed by atoms with Crippen LogP contribution in [0, 0.1) is 13.8 Å². The SMILES string of the molecule is Cc1cc(C)nc(Nc2nc(Nc3ccn4ccnc4c3)cc(N3CCC(F)C3)n2)c1. The van der Waals surface area contributed by atoms with Crippen molar-refractivity contribution in [1.29, 1.82) is 0 Å². The predicted molar refractivity (Wildman–Crippen MR) is 119 cm³/mol. The van der Waals surface area contributed by atoms with Crippen LogP contribution in [0.2, 0.25) is 0 Å². The Bertz CT molecular complexity index is 1220. The highest BCUT2D eigenvalue weighted by molar-refractivity contribution is 5.66. The van der Waals surface area contributed by atoms with Gasteiger partial charge in [-0.15, -0.1) is 0 Å². The molecule has 0 bridgehead atoms. The van der Waals surface area contributed by atoms with Gasteiger partial charge in [-0.3, -0.25) is 0 Å². The molecule has 1 aliphatic heterocycles. The predicted octanol–water partition coefficient (Wildman–Crippen LogP) is 4.17. The fourth-order valence-corrected chi connectivity index (χ4v) is 3.80. The molecule has 2 N–H and O–H groups in total. The molecule has 158 valence electrons. The van der Waals surface area contributed by atoms with Crippen molar-refractivity contribution in [2.75, 3.05) is 28.6 Å². The molecule has 4 aromatic heterocycles. The molecule has 5 heterocycles. The average molecular weight is 418 g/mol. The zero-order valence-corrected chi connectivity index (χ0v) is 17.4. The van der Waals surface area contributed by atoms with Gasteiger partial charge in [0.05, 0.1) is 6.54 Å². The maximum Gasteiger partial charge on any atom is 0.232 e. The lowest BCUT2D eigenvalue weighted by Gasteiger charge is -2.19.